The Morgan fingerprint density at radius 2 is 1.77 bits per heavy atom. The van der Waals surface area contributed by atoms with Gasteiger partial charge in [0.05, 0.1) is 16.7 Å². The maximum atomic E-state index is 13.1. The summed E-state index contributed by atoms with van der Waals surface area (Å²) in [6, 6.07) is 11.7. The molecule has 1 aliphatic rings. The van der Waals surface area contributed by atoms with Gasteiger partial charge < -0.3 is 9.15 Å². The zero-order valence-electron chi connectivity index (χ0n) is 16.7. The van der Waals surface area contributed by atoms with Crippen LogP contribution in [0.25, 0.3) is 11.3 Å². The molecule has 9 heteroatoms. The van der Waals surface area contributed by atoms with Crippen LogP contribution in [0.5, 0.6) is 0 Å². The fraction of sp³-hybridized carbons (Fsp3) is 0.273. The number of benzene rings is 2. The van der Waals surface area contributed by atoms with Gasteiger partial charge in [0, 0.05) is 18.7 Å². The van der Waals surface area contributed by atoms with Crippen LogP contribution in [-0.4, -0.2) is 36.8 Å². The summed E-state index contributed by atoms with van der Waals surface area (Å²) in [4.78, 5) is 16.7. The van der Waals surface area contributed by atoms with Crippen molar-refractivity contribution in [1.82, 2.24) is 9.29 Å². The number of hydrogen-bond acceptors (Lipinski definition) is 6. The normalized spacial score (nSPS) is 15.0. The zero-order valence-corrected chi connectivity index (χ0v) is 17.5. The van der Waals surface area contributed by atoms with Gasteiger partial charge in [0.1, 0.15) is 5.82 Å². The van der Waals surface area contributed by atoms with Gasteiger partial charge in [-0.15, -0.1) is 0 Å². The van der Waals surface area contributed by atoms with E-state index in [0.29, 0.717) is 24.4 Å². The van der Waals surface area contributed by atoms with Gasteiger partial charge in [-0.2, -0.15) is 4.31 Å². The van der Waals surface area contributed by atoms with Gasteiger partial charge in [-0.25, -0.2) is 22.6 Å². The van der Waals surface area contributed by atoms with E-state index in [0.717, 1.165) is 19.3 Å². The molecule has 31 heavy (non-hydrogen) atoms. The molecule has 7 nitrogen and oxygen atoms in total. The molecule has 1 aliphatic heterocycles. The van der Waals surface area contributed by atoms with Crippen LogP contribution in [0.3, 0.4) is 0 Å². The van der Waals surface area contributed by atoms with Crippen molar-refractivity contribution in [2.45, 2.75) is 30.8 Å². The van der Waals surface area contributed by atoms with E-state index in [2.05, 4.69) is 4.98 Å². The fourth-order valence-corrected chi connectivity index (χ4v) is 5.13. The van der Waals surface area contributed by atoms with E-state index in [1.807, 2.05) is 0 Å². The molecule has 1 saturated heterocycles. The van der Waals surface area contributed by atoms with Crippen LogP contribution < -0.4 is 0 Å². The lowest BCUT2D eigenvalue weighted by atomic mass is 10.2. The second-order valence-corrected chi connectivity index (χ2v) is 9.07. The largest absolute Gasteiger partial charge is 0.452 e. The number of oxazole rings is 1. The summed E-state index contributed by atoms with van der Waals surface area (Å²) >= 11 is 0. The van der Waals surface area contributed by atoms with Crippen molar-refractivity contribution in [3.05, 3.63) is 72.0 Å². The molecule has 0 N–H and O–H groups in total. The highest BCUT2D eigenvalue weighted by Crippen LogP contribution is 2.25. The summed E-state index contributed by atoms with van der Waals surface area (Å²) < 4.78 is 51.4. The van der Waals surface area contributed by atoms with E-state index in [1.165, 1.54) is 34.8 Å². The molecule has 0 spiro atoms. The number of esters is 1. The minimum atomic E-state index is -3.79. The number of carbonyl (C=O) groups is 1. The monoisotopic (exact) mass is 444 g/mol. The van der Waals surface area contributed by atoms with Crippen molar-refractivity contribution in [2.24, 2.45) is 0 Å². The molecule has 0 radical (unpaired) electrons. The summed E-state index contributed by atoms with van der Waals surface area (Å²) in [5.74, 6) is -0.600. The average Bonchev–Trinajstić information content (AvgIpc) is 3.27. The Kier molecular flexibility index (Phi) is 6.15. The Labute approximate surface area is 179 Å². The van der Waals surface area contributed by atoms with Crippen molar-refractivity contribution in [3.8, 4) is 11.3 Å². The van der Waals surface area contributed by atoms with Gasteiger partial charge >= 0.3 is 5.97 Å². The van der Waals surface area contributed by atoms with Gasteiger partial charge in [-0.05, 0) is 49.2 Å². The molecule has 0 unspecified atom stereocenters. The van der Waals surface area contributed by atoms with Crippen LogP contribution in [-0.2, 0) is 21.4 Å². The minimum absolute atomic E-state index is 0.0293. The van der Waals surface area contributed by atoms with E-state index in [-0.39, 0.29) is 28.8 Å². The summed E-state index contributed by atoms with van der Waals surface area (Å²) in [5, 5.41) is 0. The Hall–Kier alpha value is -3.04. The Bertz CT molecular complexity index is 1170. The maximum Gasteiger partial charge on any atom is 0.340 e. The summed E-state index contributed by atoms with van der Waals surface area (Å²) in [5.41, 5.74) is 0.600. The predicted molar refractivity (Wildman–Crippen MR) is 110 cm³/mol. The third kappa shape index (κ3) is 4.67. The van der Waals surface area contributed by atoms with Crippen LogP contribution in [0.15, 0.2) is 64.0 Å². The smallest absolute Gasteiger partial charge is 0.340 e. The lowest BCUT2D eigenvalue weighted by Gasteiger charge is -2.26. The molecule has 0 bridgehead atoms. The first-order chi connectivity index (χ1) is 14.9. The summed E-state index contributed by atoms with van der Waals surface area (Å²) in [6.07, 6.45) is 4.04. The third-order valence-electron chi connectivity index (χ3n) is 5.05. The first-order valence-electron chi connectivity index (χ1n) is 9.92. The van der Waals surface area contributed by atoms with Crippen LogP contribution in [0.2, 0.25) is 0 Å². The number of hydrogen-bond donors (Lipinski definition) is 0. The van der Waals surface area contributed by atoms with Gasteiger partial charge in [-0.1, -0.05) is 18.6 Å². The zero-order chi connectivity index (χ0) is 21.8. The fourth-order valence-electron chi connectivity index (χ4n) is 3.43. The summed E-state index contributed by atoms with van der Waals surface area (Å²) in [6.45, 7) is 0.612. The molecule has 0 atom stereocenters. The highest BCUT2D eigenvalue weighted by Gasteiger charge is 2.30. The molecule has 0 aliphatic carbocycles. The van der Waals surface area contributed by atoms with Crippen LogP contribution >= 0.6 is 0 Å². The minimum Gasteiger partial charge on any atom is -0.452 e. The van der Waals surface area contributed by atoms with Crippen molar-refractivity contribution >= 4 is 16.0 Å². The second-order valence-electron chi connectivity index (χ2n) is 7.16. The SMILES string of the molecule is O=C(OCc1ncc(-c2ccc(F)cc2)o1)c1ccccc1S(=O)(=O)N1CCCCC1. The molecule has 2 heterocycles. The van der Waals surface area contributed by atoms with E-state index in [9.17, 15) is 17.6 Å². The van der Waals surface area contributed by atoms with Crippen LogP contribution in [0, 0.1) is 5.82 Å². The first kappa shape index (κ1) is 21.2. The van der Waals surface area contributed by atoms with Gasteiger partial charge in [0.2, 0.25) is 15.9 Å². The highest BCUT2D eigenvalue weighted by atomic mass is 32.2. The lowest BCUT2D eigenvalue weighted by Crippen LogP contribution is -2.36. The number of ether oxygens (including phenoxy) is 1. The number of piperidine rings is 1. The number of rotatable bonds is 6. The standard InChI is InChI=1S/C22H21FN2O5S/c23-17-10-8-16(9-11-17)19-14-24-21(30-19)15-29-22(26)18-6-2-3-7-20(18)31(27,28)25-12-4-1-5-13-25/h2-3,6-11,14H,1,4-5,12-13,15H2. The lowest BCUT2D eigenvalue weighted by molar-refractivity contribution is 0.0434. The van der Waals surface area contributed by atoms with Gasteiger partial charge in [-0.3, -0.25) is 0 Å². The second kappa shape index (κ2) is 8.99. The maximum absolute atomic E-state index is 13.1. The van der Waals surface area contributed by atoms with Gasteiger partial charge in [0.15, 0.2) is 12.4 Å². The first-order valence-corrected chi connectivity index (χ1v) is 11.4. The van der Waals surface area contributed by atoms with E-state index in [1.54, 1.807) is 24.3 Å². The van der Waals surface area contributed by atoms with Crippen molar-refractivity contribution in [1.29, 1.82) is 0 Å². The highest BCUT2D eigenvalue weighted by molar-refractivity contribution is 7.89. The molecule has 0 amide bonds. The number of nitrogens with zero attached hydrogens (tertiary/aromatic N) is 2. The molecule has 2 aromatic carbocycles. The van der Waals surface area contributed by atoms with Crippen molar-refractivity contribution in [2.75, 3.05) is 13.1 Å². The number of carbonyl (C=O) groups excluding carboxylic acids is 1. The van der Waals surface area contributed by atoms with E-state index < -0.39 is 16.0 Å². The van der Waals surface area contributed by atoms with Crippen molar-refractivity contribution in [3.63, 3.8) is 0 Å². The summed E-state index contributed by atoms with van der Waals surface area (Å²) in [7, 11) is -3.79. The Balaban J connectivity index is 1.48. The van der Waals surface area contributed by atoms with E-state index >= 15 is 0 Å². The Morgan fingerprint density at radius 3 is 2.52 bits per heavy atom. The topological polar surface area (TPSA) is 89.7 Å². The number of aromatic nitrogens is 1. The Morgan fingerprint density at radius 1 is 1.06 bits per heavy atom. The van der Waals surface area contributed by atoms with E-state index in [4.69, 9.17) is 9.15 Å². The molecular weight excluding hydrogens is 423 g/mol. The van der Waals surface area contributed by atoms with Crippen molar-refractivity contribution < 1.29 is 26.8 Å². The number of sulfonamides is 1. The molecule has 162 valence electrons. The molecule has 4 rings (SSSR count). The quantitative estimate of drug-likeness (QED) is 0.534. The molecule has 1 fully saturated rings. The molecular formula is C22H21FN2O5S. The molecule has 1 aromatic heterocycles. The van der Waals surface area contributed by atoms with Crippen LogP contribution in [0.1, 0.15) is 35.5 Å². The molecule has 0 saturated carbocycles. The van der Waals surface area contributed by atoms with Gasteiger partial charge in [0.25, 0.3) is 0 Å². The number of halogens is 1. The predicted octanol–water partition coefficient (Wildman–Crippen LogP) is 4.01. The molecule has 3 aromatic rings. The van der Waals surface area contributed by atoms with Crippen LogP contribution in [0.4, 0.5) is 4.39 Å². The average molecular weight is 444 g/mol. The third-order valence-corrected chi connectivity index (χ3v) is 7.01.